The molecule has 0 aliphatic carbocycles. The highest BCUT2D eigenvalue weighted by Gasteiger charge is 2.44. The summed E-state index contributed by atoms with van der Waals surface area (Å²) in [5, 5.41) is 36.9. The number of hydrogen-bond acceptors (Lipinski definition) is 18. The number of rotatable bonds is 33. The molecule has 3 aromatic rings. The summed E-state index contributed by atoms with van der Waals surface area (Å²) < 4.78 is 23.2. The number of benzene rings is 1. The Morgan fingerprint density at radius 3 is 2.04 bits per heavy atom. The molecule has 2 aromatic heterocycles. The third-order valence-corrected chi connectivity index (χ3v) is 17.8. The molecule has 0 saturated carbocycles. The summed E-state index contributed by atoms with van der Waals surface area (Å²) in [7, 11) is 4.64. The fourth-order valence-electron chi connectivity index (χ4n) is 9.96. The molecule has 1 aromatic carbocycles. The van der Waals surface area contributed by atoms with Crippen molar-refractivity contribution in [2.45, 2.75) is 149 Å². The molecule has 0 radical (unpaired) electrons. The Hall–Kier alpha value is -5.67. The lowest BCUT2D eigenvalue weighted by Crippen LogP contribution is -2.60. The maximum atomic E-state index is 14.7. The number of likely N-dealkylation sites (tertiary alicyclic amines) is 1. The number of pyridine rings is 1. The molecular weight excluding hydrogens is 1130 g/mol. The molecule has 1 fully saturated rings. The Morgan fingerprint density at radius 1 is 0.819 bits per heavy atom. The number of carbonyl (C=O) groups excluding carboxylic acids is 7. The normalized spacial score (nSPS) is 16.8. The highest BCUT2D eigenvalue weighted by atomic mass is 33.1. The Labute approximate surface area is 494 Å². The minimum Gasteiger partial charge on any atom is -0.386 e. The van der Waals surface area contributed by atoms with E-state index in [4.69, 9.17) is 19.3 Å². The lowest BCUT2D eigenvalue weighted by molar-refractivity contribution is -0.148. The first-order chi connectivity index (χ1) is 39.2. The van der Waals surface area contributed by atoms with Crippen LogP contribution in [0.2, 0.25) is 0 Å². The van der Waals surface area contributed by atoms with Crippen LogP contribution in [0.3, 0.4) is 0 Å². The molecule has 0 unspecified atom stereocenters. The average molecular weight is 1220 g/mol. The third-order valence-electron chi connectivity index (χ3n) is 14.7. The molecule has 7 N–H and O–H groups in total. The molecule has 83 heavy (non-hydrogen) atoms. The van der Waals surface area contributed by atoms with Crippen LogP contribution in [0.5, 0.6) is 0 Å². The molecule has 3 heterocycles. The van der Waals surface area contributed by atoms with Crippen molar-refractivity contribution >= 4 is 76.2 Å². The number of carbonyl (C=O) groups is 7. The van der Waals surface area contributed by atoms with Crippen LogP contribution in [0, 0.1) is 23.7 Å². The van der Waals surface area contributed by atoms with Crippen LogP contribution in [-0.4, -0.2) is 192 Å². The molecular formula is C55H85N12O13PS2. The summed E-state index contributed by atoms with van der Waals surface area (Å²) in [4.78, 5) is 123. The summed E-state index contributed by atoms with van der Waals surface area (Å²) >= 11 is 0. The molecule has 7 amide bonds. The van der Waals surface area contributed by atoms with Crippen molar-refractivity contribution in [1.29, 1.82) is 0 Å². The summed E-state index contributed by atoms with van der Waals surface area (Å²) in [6.45, 7) is 14.9. The van der Waals surface area contributed by atoms with E-state index in [0.29, 0.717) is 48.6 Å². The van der Waals surface area contributed by atoms with E-state index in [0.717, 1.165) is 0 Å². The zero-order chi connectivity index (χ0) is 61.7. The highest BCUT2D eigenvalue weighted by Crippen LogP contribution is 2.38. The molecule has 1 saturated heterocycles. The maximum Gasteiger partial charge on any atom is 0.333 e. The van der Waals surface area contributed by atoms with E-state index in [1.165, 1.54) is 59.0 Å². The van der Waals surface area contributed by atoms with E-state index in [-0.39, 0.29) is 90.4 Å². The van der Waals surface area contributed by atoms with Crippen molar-refractivity contribution in [2.75, 3.05) is 58.2 Å². The number of nitrogens with one attached hydrogen (secondary N) is 4. The number of hydrogen-bond donors (Lipinski definition) is 7. The van der Waals surface area contributed by atoms with Crippen LogP contribution in [0.25, 0.3) is 11.5 Å². The number of anilines is 1. The molecule has 0 bridgehead atoms. The van der Waals surface area contributed by atoms with Crippen LogP contribution in [-0.2, 0) is 53.8 Å². The Bertz CT molecular complexity index is 2640. The molecule has 25 nitrogen and oxygen atoms in total. The van der Waals surface area contributed by atoms with Crippen molar-refractivity contribution in [3.8, 4) is 11.5 Å². The second-order valence-corrected chi connectivity index (χ2v) is 25.9. The quantitative estimate of drug-likeness (QED) is 0.0257. The van der Waals surface area contributed by atoms with Gasteiger partial charge in [0.05, 0.1) is 67.2 Å². The lowest BCUT2D eigenvalue weighted by Gasteiger charge is -2.41. The van der Waals surface area contributed by atoms with Crippen LogP contribution < -0.4 is 21.3 Å². The molecule has 1 aliphatic heterocycles. The van der Waals surface area contributed by atoms with Crippen molar-refractivity contribution in [1.82, 2.24) is 56.0 Å². The lowest BCUT2D eigenvalue weighted by atomic mass is 9.89. The maximum absolute atomic E-state index is 14.7. The first kappa shape index (κ1) is 69.8. The van der Waals surface area contributed by atoms with Gasteiger partial charge >= 0.3 is 7.60 Å². The Kier molecular flexibility index (Phi) is 28.4. The molecule has 0 spiro atoms. The van der Waals surface area contributed by atoms with Crippen molar-refractivity contribution < 1.29 is 62.5 Å². The van der Waals surface area contributed by atoms with Gasteiger partial charge in [0.25, 0.3) is 0 Å². The molecule has 4 rings (SSSR count). The van der Waals surface area contributed by atoms with Crippen LogP contribution in [0.15, 0.2) is 48.7 Å². The van der Waals surface area contributed by atoms with Crippen LogP contribution in [0.4, 0.5) is 5.69 Å². The Balaban J connectivity index is 1.26. The van der Waals surface area contributed by atoms with E-state index in [2.05, 4.69) is 46.6 Å². The summed E-state index contributed by atoms with van der Waals surface area (Å²) in [6, 6.07) is 8.60. The third kappa shape index (κ3) is 21.1. The molecule has 10 atom stereocenters. The average Bonchev–Trinajstić information content (AvgIpc) is 4.22. The zero-order valence-corrected chi connectivity index (χ0v) is 52.1. The standard InChI is InChI=1S/C55H85N12O13PS2/c1-13-34(6)49(41(79-11)28-46(71)67-25-17-20-40(67)51(80-12)35(7)53(73)58-36(8)50(72)37-18-15-14-16-19-37)66(10)55(75)47(32(2)3)60-54(74)48(33(4)5)65(9)45(70)24-27-83-82-26-23-43(68)57-30-44(69)59-38-21-22-39(56-29-38)52-63-61-42(62-64-52)31-81(76,77)78/h14-16,18-19,21-22,29,32-36,40-41,47-51,72H,13,17,20,23-28,30-31H2,1-12H3,(H,57,68)(H,58,73)(H,59,69)(H,60,74)(H2,76,77,78)/t34-,35+,36+,40-,41+,47-,48-,49-,50+,51+/m0/s1. The number of aromatic nitrogens is 5. The van der Waals surface area contributed by atoms with Gasteiger partial charge in [0.15, 0.2) is 5.82 Å². The van der Waals surface area contributed by atoms with Crippen molar-refractivity contribution in [3.05, 3.63) is 60.0 Å². The number of aliphatic hydroxyl groups excluding tert-OH is 1. The minimum absolute atomic E-state index is 0.00446. The van der Waals surface area contributed by atoms with Gasteiger partial charge in [-0.15, -0.1) is 20.4 Å². The monoisotopic (exact) mass is 1220 g/mol. The highest BCUT2D eigenvalue weighted by molar-refractivity contribution is 8.76. The summed E-state index contributed by atoms with van der Waals surface area (Å²) in [5.74, 6) is -3.47. The van der Waals surface area contributed by atoms with Gasteiger partial charge in [-0.05, 0) is 55.2 Å². The minimum atomic E-state index is -4.39. The Morgan fingerprint density at radius 2 is 1.47 bits per heavy atom. The van der Waals surface area contributed by atoms with Gasteiger partial charge in [-0.3, -0.25) is 43.1 Å². The topological polar surface area (TPSA) is 338 Å². The second-order valence-electron chi connectivity index (χ2n) is 21.5. The first-order valence-electron chi connectivity index (χ1n) is 27.8. The molecule has 1 aliphatic rings. The fourth-order valence-corrected chi connectivity index (χ4v) is 12.4. The van der Waals surface area contributed by atoms with E-state index in [1.807, 2.05) is 59.7 Å². The molecule has 28 heteroatoms. The van der Waals surface area contributed by atoms with E-state index >= 15 is 0 Å². The van der Waals surface area contributed by atoms with Gasteiger partial charge < -0.3 is 60.3 Å². The number of methoxy groups -OCH3 is 2. The number of aliphatic hydroxyl groups is 1. The van der Waals surface area contributed by atoms with Gasteiger partial charge in [0, 0.05) is 59.2 Å². The number of nitrogens with zero attached hydrogens (tertiary/aromatic N) is 8. The predicted octanol–water partition coefficient (Wildman–Crippen LogP) is 4.01. The number of amides is 7. The number of ether oxygens (including phenoxy) is 2. The van der Waals surface area contributed by atoms with Crippen LogP contribution >= 0.6 is 29.2 Å². The summed E-state index contributed by atoms with van der Waals surface area (Å²) in [5.41, 5.74) is 1.25. The van der Waals surface area contributed by atoms with Gasteiger partial charge in [0.1, 0.15) is 23.9 Å². The van der Waals surface area contributed by atoms with Gasteiger partial charge in [-0.2, -0.15) is 0 Å². The first-order valence-corrected chi connectivity index (χ1v) is 32.1. The number of likely N-dealkylation sites (N-methyl/N-ethyl adjacent to an activating group) is 2. The zero-order valence-electron chi connectivity index (χ0n) is 49.6. The summed E-state index contributed by atoms with van der Waals surface area (Å²) in [6.07, 6.45) is 0.406. The van der Waals surface area contributed by atoms with E-state index in [1.54, 1.807) is 49.9 Å². The fraction of sp³-hybridized carbons (Fsp3) is 0.636. The van der Waals surface area contributed by atoms with E-state index < -0.39 is 80.0 Å². The van der Waals surface area contributed by atoms with Crippen LogP contribution in [0.1, 0.15) is 111 Å². The largest absolute Gasteiger partial charge is 0.386 e. The predicted molar refractivity (Wildman–Crippen MR) is 316 cm³/mol. The van der Waals surface area contributed by atoms with Gasteiger partial charge in [-0.1, -0.05) is 107 Å². The smallest absolute Gasteiger partial charge is 0.333 e. The SMILES string of the molecule is CC[C@H](C)[C@@H]([C@@H](CC(=O)N1CCC[C@H]1[C@H](OC)[C@@H](C)C(=O)N[C@H](C)[C@@H](O)c1ccccc1)OC)N(C)C(=O)[C@@H](NC(=O)[C@H](C(C)C)N(C)C(=O)CCSSCCC(=O)NCC(=O)Nc1ccc(-c2nnc(CP(=O)(O)O)nn2)nc1)C(C)C. The van der Waals surface area contributed by atoms with Crippen molar-refractivity contribution in [2.24, 2.45) is 23.7 Å². The van der Waals surface area contributed by atoms with Crippen molar-refractivity contribution in [3.63, 3.8) is 0 Å². The van der Waals surface area contributed by atoms with E-state index in [9.17, 15) is 43.2 Å². The van der Waals surface area contributed by atoms with Gasteiger partial charge in [-0.25, -0.2) is 0 Å². The molecule has 460 valence electrons. The van der Waals surface area contributed by atoms with Gasteiger partial charge in [0.2, 0.25) is 47.2 Å². The second kappa shape index (κ2) is 33.7.